The highest BCUT2D eigenvalue weighted by Crippen LogP contribution is 2.24. The number of nitrogens with one attached hydrogen (secondary N) is 1. The summed E-state index contributed by atoms with van der Waals surface area (Å²) >= 11 is 1.93. The normalized spacial score (nSPS) is 19.4. The number of anilines is 1. The highest BCUT2D eigenvalue weighted by Gasteiger charge is 2.20. The molecule has 0 saturated carbocycles. The fourth-order valence-corrected chi connectivity index (χ4v) is 3.01. The minimum absolute atomic E-state index is 0.629. The number of hydrogen-bond acceptors (Lipinski definition) is 3. The molecule has 1 aromatic rings. The number of benzene rings is 1. The Hall–Kier alpha value is -0.670. The average Bonchev–Trinajstić information content (AvgIpc) is 2.57. The lowest BCUT2D eigenvalue weighted by Gasteiger charge is -2.27. The maximum Gasteiger partial charge on any atom is 0.0412 e. The van der Waals surface area contributed by atoms with E-state index in [2.05, 4.69) is 47.7 Å². The van der Waals surface area contributed by atoms with Gasteiger partial charge in [0.05, 0.1) is 0 Å². The van der Waals surface area contributed by atoms with E-state index in [1.807, 2.05) is 11.8 Å². The van der Waals surface area contributed by atoms with E-state index in [-0.39, 0.29) is 0 Å². The molecule has 0 aliphatic carbocycles. The van der Waals surface area contributed by atoms with Gasteiger partial charge in [-0.3, -0.25) is 0 Å². The van der Waals surface area contributed by atoms with Crippen LogP contribution in [0.1, 0.15) is 25.3 Å². The summed E-state index contributed by atoms with van der Waals surface area (Å²) in [7, 11) is 0. The van der Waals surface area contributed by atoms with Crippen LogP contribution in [0.15, 0.2) is 24.3 Å². The predicted octanol–water partition coefficient (Wildman–Crippen LogP) is 3.13. The Morgan fingerprint density at radius 2 is 2.22 bits per heavy atom. The van der Waals surface area contributed by atoms with Gasteiger partial charge in [-0.05, 0) is 24.3 Å². The molecule has 0 amide bonds. The van der Waals surface area contributed by atoms with E-state index in [0.29, 0.717) is 6.04 Å². The topological polar surface area (TPSA) is 15.3 Å². The molecule has 2 rings (SSSR count). The number of rotatable bonds is 5. The second-order valence-corrected chi connectivity index (χ2v) is 5.92. The van der Waals surface area contributed by atoms with Gasteiger partial charge in [0, 0.05) is 37.1 Å². The molecule has 1 aliphatic rings. The molecule has 18 heavy (non-hydrogen) atoms. The standard InChI is InChI=1S/C15H24N2S/c1-3-6-14-12-17(9-10-18-2)15-8-5-4-7-13(15)11-16-14/h4-5,7-8,14,16H,3,6,9-12H2,1-2H3. The first-order valence-corrected chi connectivity index (χ1v) is 8.29. The largest absolute Gasteiger partial charge is 0.369 e. The first kappa shape index (κ1) is 13.8. The summed E-state index contributed by atoms with van der Waals surface area (Å²) in [6.07, 6.45) is 4.71. The van der Waals surface area contributed by atoms with Crippen LogP contribution in [0.3, 0.4) is 0 Å². The van der Waals surface area contributed by atoms with Gasteiger partial charge in [0.2, 0.25) is 0 Å². The van der Waals surface area contributed by atoms with E-state index >= 15 is 0 Å². The molecule has 0 spiro atoms. The van der Waals surface area contributed by atoms with Crippen molar-refractivity contribution in [2.45, 2.75) is 32.4 Å². The second kappa shape index (κ2) is 7.05. The van der Waals surface area contributed by atoms with Crippen molar-refractivity contribution in [2.24, 2.45) is 0 Å². The van der Waals surface area contributed by atoms with Crippen LogP contribution in [-0.2, 0) is 6.54 Å². The van der Waals surface area contributed by atoms with Crippen LogP contribution in [-0.4, -0.2) is 31.1 Å². The number of para-hydroxylation sites is 1. The molecule has 0 aromatic heterocycles. The van der Waals surface area contributed by atoms with Crippen LogP contribution in [0.25, 0.3) is 0 Å². The van der Waals surface area contributed by atoms with Crippen LogP contribution in [0, 0.1) is 0 Å². The van der Waals surface area contributed by atoms with Gasteiger partial charge in [0.25, 0.3) is 0 Å². The lowest BCUT2D eigenvalue weighted by atomic mass is 10.1. The molecule has 1 unspecified atom stereocenters. The molecule has 0 saturated heterocycles. The van der Waals surface area contributed by atoms with Crippen molar-refractivity contribution in [3.05, 3.63) is 29.8 Å². The zero-order valence-corrected chi connectivity index (χ0v) is 12.3. The highest BCUT2D eigenvalue weighted by atomic mass is 32.2. The summed E-state index contributed by atoms with van der Waals surface area (Å²) in [5.74, 6) is 1.20. The Bertz CT molecular complexity index is 367. The van der Waals surface area contributed by atoms with Gasteiger partial charge in [-0.1, -0.05) is 31.5 Å². The van der Waals surface area contributed by atoms with E-state index in [0.717, 1.165) is 19.6 Å². The van der Waals surface area contributed by atoms with Crippen molar-refractivity contribution in [1.29, 1.82) is 0 Å². The lowest BCUT2D eigenvalue weighted by molar-refractivity contribution is 0.482. The Morgan fingerprint density at radius 1 is 1.39 bits per heavy atom. The zero-order valence-electron chi connectivity index (χ0n) is 11.5. The Balaban J connectivity index is 2.15. The molecule has 0 fully saturated rings. The van der Waals surface area contributed by atoms with Crippen molar-refractivity contribution in [3.63, 3.8) is 0 Å². The summed E-state index contributed by atoms with van der Waals surface area (Å²) in [5, 5.41) is 3.70. The van der Waals surface area contributed by atoms with E-state index in [1.54, 1.807) is 0 Å². The van der Waals surface area contributed by atoms with Crippen molar-refractivity contribution in [3.8, 4) is 0 Å². The number of hydrogen-bond donors (Lipinski definition) is 1. The fourth-order valence-electron chi connectivity index (χ4n) is 2.61. The highest BCUT2D eigenvalue weighted by molar-refractivity contribution is 7.98. The molecule has 1 atom stereocenters. The molecule has 1 N–H and O–H groups in total. The van der Waals surface area contributed by atoms with Crippen LogP contribution >= 0.6 is 11.8 Å². The number of nitrogens with zero attached hydrogens (tertiary/aromatic N) is 1. The molecule has 100 valence electrons. The van der Waals surface area contributed by atoms with Crippen molar-refractivity contribution >= 4 is 17.4 Å². The smallest absolute Gasteiger partial charge is 0.0412 e. The molecule has 2 nitrogen and oxygen atoms in total. The molecule has 1 aromatic carbocycles. The number of fused-ring (bicyclic) bond motifs is 1. The van der Waals surface area contributed by atoms with Crippen LogP contribution in [0.4, 0.5) is 5.69 Å². The molecular formula is C15H24N2S. The fraction of sp³-hybridized carbons (Fsp3) is 0.600. The minimum Gasteiger partial charge on any atom is -0.369 e. The van der Waals surface area contributed by atoms with Gasteiger partial charge in [-0.2, -0.15) is 11.8 Å². The molecule has 0 bridgehead atoms. The van der Waals surface area contributed by atoms with Crippen LogP contribution in [0.2, 0.25) is 0 Å². The summed E-state index contributed by atoms with van der Waals surface area (Å²) < 4.78 is 0. The van der Waals surface area contributed by atoms with Gasteiger partial charge >= 0.3 is 0 Å². The quantitative estimate of drug-likeness (QED) is 0.879. The summed E-state index contributed by atoms with van der Waals surface area (Å²) in [4.78, 5) is 2.56. The third-order valence-corrected chi connectivity index (χ3v) is 4.15. The number of thioether (sulfide) groups is 1. The SMILES string of the molecule is CCCC1CN(CCSC)c2ccccc2CN1. The maximum absolute atomic E-state index is 3.70. The van der Waals surface area contributed by atoms with Gasteiger partial charge < -0.3 is 10.2 Å². The lowest BCUT2D eigenvalue weighted by Crippen LogP contribution is -2.39. The van der Waals surface area contributed by atoms with E-state index < -0.39 is 0 Å². The average molecular weight is 264 g/mol. The summed E-state index contributed by atoms with van der Waals surface area (Å²) in [6.45, 7) is 5.58. The monoisotopic (exact) mass is 264 g/mol. The predicted molar refractivity (Wildman–Crippen MR) is 82.6 cm³/mol. The molecule has 3 heteroatoms. The third kappa shape index (κ3) is 3.42. The van der Waals surface area contributed by atoms with E-state index in [9.17, 15) is 0 Å². The summed E-state index contributed by atoms with van der Waals surface area (Å²) in [6, 6.07) is 9.46. The van der Waals surface area contributed by atoms with Crippen molar-refractivity contribution in [1.82, 2.24) is 5.32 Å². The summed E-state index contributed by atoms with van der Waals surface area (Å²) in [5.41, 5.74) is 2.87. The van der Waals surface area contributed by atoms with E-state index in [4.69, 9.17) is 0 Å². The van der Waals surface area contributed by atoms with Gasteiger partial charge in [0.15, 0.2) is 0 Å². The van der Waals surface area contributed by atoms with Crippen LogP contribution < -0.4 is 10.2 Å². The Labute approximate surface area is 115 Å². The molecular weight excluding hydrogens is 240 g/mol. The Morgan fingerprint density at radius 3 is 3.00 bits per heavy atom. The third-order valence-electron chi connectivity index (χ3n) is 3.56. The Kier molecular flexibility index (Phi) is 5.39. The van der Waals surface area contributed by atoms with E-state index in [1.165, 1.54) is 29.8 Å². The zero-order chi connectivity index (χ0) is 12.8. The van der Waals surface area contributed by atoms with Crippen LogP contribution in [0.5, 0.6) is 0 Å². The molecule has 1 heterocycles. The molecule has 1 aliphatic heterocycles. The maximum atomic E-state index is 3.70. The first-order chi connectivity index (χ1) is 8.85. The second-order valence-electron chi connectivity index (χ2n) is 4.93. The van der Waals surface area contributed by atoms with Crippen molar-refractivity contribution in [2.75, 3.05) is 30.0 Å². The van der Waals surface area contributed by atoms with Gasteiger partial charge in [0.1, 0.15) is 0 Å². The minimum atomic E-state index is 0.629. The first-order valence-electron chi connectivity index (χ1n) is 6.90. The van der Waals surface area contributed by atoms with Crippen molar-refractivity contribution < 1.29 is 0 Å². The molecule has 0 radical (unpaired) electrons. The van der Waals surface area contributed by atoms with Gasteiger partial charge in [-0.15, -0.1) is 0 Å². The van der Waals surface area contributed by atoms with Gasteiger partial charge in [-0.25, -0.2) is 0 Å².